The van der Waals surface area contributed by atoms with Gasteiger partial charge in [-0.15, -0.1) is 0 Å². The third-order valence-corrected chi connectivity index (χ3v) is 4.18. The van der Waals surface area contributed by atoms with E-state index in [-0.39, 0.29) is 12.1 Å². The molecule has 0 saturated carbocycles. The van der Waals surface area contributed by atoms with Gasteiger partial charge in [0.25, 0.3) is 0 Å². The maximum Gasteiger partial charge on any atom is 0.140 e. The van der Waals surface area contributed by atoms with E-state index in [1.165, 1.54) is 0 Å². The Balaban J connectivity index is 1.81. The minimum Gasteiger partial charge on any atom is -0.370 e. The van der Waals surface area contributed by atoms with Gasteiger partial charge in [0.2, 0.25) is 0 Å². The second kappa shape index (κ2) is 5.71. The molecule has 0 spiro atoms. The molecule has 1 aliphatic rings. The first kappa shape index (κ1) is 13.9. The number of rotatable bonds is 3. The molecule has 1 N–H and O–H groups in total. The van der Waals surface area contributed by atoms with Crippen molar-refractivity contribution in [1.29, 1.82) is 0 Å². The van der Waals surface area contributed by atoms with Crippen LogP contribution in [-0.2, 0) is 11.8 Å². The Morgan fingerprint density at radius 3 is 3.10 bits per heavy atom. The molecule has 2 atom stereocenters. The monoisotopic (exact) mass is 356 g/mol. The molecule has 20 heavy (non-hydrogen) atoms. The van der Waals surface area contributed by atoms with Crippen LogP contribution in [0.25, 0.3) is 0 Å². The van der Waals surface area contributed by atoms with Crippen LogP contribution in [-0.4, -0.2) is 27.4 Å². The Kier molecular flexibility index (Phi) is 3.96. The summed E-state index contributed by atoms with van der Waals surface area (Å²) < 4.78 is 8.52. The molecule has 0 amide bonds. The number of nitrogens with zero attached hydrogens (tertiary/aromatic N) is 3. The van der Waals surface area contributed by atoms with E-state index in [0.717, 1.165) is 29.0 Å². The van der Waals surface area contributed by atoms with Crippen molar-refractivity contribution in [2.75, 3.05) is 11.9 Å². The molecule has 7 heteroatoms. The number of ether oxygens (including phenoxy) is 1. The summed E-state index contributed by atoms with van der Waals surface area (Å²) in [5, 5.41) is 8.22. The minimum absolute atomic E-state index is 0.0214. The van der Waals surface area contributed by atoms with Crippen LogP contribution < -0.4 is 5.32 Å². The number of hydrogen-bond donors (Lipinski definition) is 1. The quantitative estimate of drug-likeness (QED) is 0.917. The largest absolute Gasteiger partial charge is 0.370 e. The number of halogens is 2. The van der Waals surface area contributed by atoms with Crippen molar-refractivity contribution in [3.8, 4) is 0 Å². The topological polar surface area (TPSA) is 52.0 Å². The highest BCUT2D eigenvalue weighted by atomic mass is 79.9. The van der Waals surface area contributed by atoms with Crippen molar-refractivity contribution in [3.63, 3.8) is 0 Å². The molecule has 106 valence electrons. The highest BCUT2D eigenvalue weighted by Gasteiger charge is 2.32. The number of aryl methyl sites for hydroxylation is 1. The van der Waals surface area contributed by atoms with Crippen LogP contribution in [0.15, 0.2) is 29.0 Å². The second-order valence-corrected chi connectivity index (χ2v) is 5.99. The average Bonchev–Trinajstić information content (AvgIpc) is 3.01. The highest BCUT2D eigenvalue weighted by Crippen LogP contribution is 2.32. The summed E-state index contributed by atoms with van der Waals surface area (Å²) >= 11 is 9.38. The summed E-state index contributed by atoms with van der Waals surface area (Å²) in [6, 6.07) is 3.97. The number of pyridine rings is 1. The normalized spacial score (nSPS) is 22.1. The van der Waals surface area contributed by atoms with Gasteiger partial charge in [-0.3, -0.25) is 4.68 Å². The van der Waals surface area contributed by atoms with Gasteiger partial charge in [-0.05, 0) is 34.5 Å². The maximum atomic E-state index is 5.91. The minimum atomic E-state index is -0.0214. The first-order valence-electron chi connectivity index (χ1n) is 6.32. The second-order valence-electron chi connectivity index (χ2n) is 4.69. The summed E-state index contributed by atoms with van der Waals surface area (Å²) in [5.41, 5.74) is 1.06. The van der Waals surface area contributed by atoms with Gasteiger partial charge >= 0.3 is 0 Å². The van der Waals surface area contributed by atoms with E-state index >= 15 is 0 Å². The lowest BCUT2D eigenvalue weighted by Crippen LogP contribution is -2.25. The zero-order valence-electron chi connectivity index (χ0n) is 10.9. The smallest absolute Gasteiger partial charge is 0.140 e. The van der Waals surface area contributed by atoms with Crippen molar-refractivity contribution in [2.24, 2.45) is 7.05 Å². The number of hydrogen-bond acceptors (Lipinski definition) is 4. The van der Waals surface area contributed by atoms with Gasteiger partial charge in [-0.1, -0.05) is 11.6 Å². The molecule has 5 nitrogen and oxygen atoms in total. The van der Waals surface area contributed by atoms with Crippen molar-refractivity contribution in [1.82, 2.24) is 14.8 Å². The van der Waals surface area contributed by atoms with Gasteiger partial charge in [0.05, 0.1) is 21.2 Å². The zero-order chi connectivity index (χ0) is 14.1. The summed E-state index contributed by atoms with van der Waals surface area (Å²) in [7, 11) is 1.92. The Bertz CT molecular complexity index is 618. The molecule has 0 bridgehead atoms. The first-order chi connectivity index (χ1) is 9.65. The standard InChI is InChI=1S/C13H14BrClN4O/c1-19-11(2-4-17-19)12-10(3-5-20-12)18-13-9(14)6-8(15)7-16-13/h2,4,6-7,10,12H,3,5H2,1H3,(H,16,18)/t10-,12-/m0/s1. The highest BCUT2D eigenvalue weighted by molar-refractivity contribution is 9.10. The molecule has 0 aliphatic carbocycles. The van der Waals surface area contributed by atoms with Crippen LogP contribution in [0, 0.1) is 0 Å². The third kappa shape index (κ3) is 2.68. The molecular weight excluding hydrogens is 344 g/mol. The van der Waals surface area contributed by atoms with Crippen molar-refractivity contribution < 1.29 is 4.74 Å². The van der Waals surface area contributed by atoms with E-state index < -0.39 is 0 Å². The fourth-order valence-electron chi connectivity index (χ4n) is 2.39. The molecule has 0 unspecified atom stereocenters. The van der Waals surface area contributed by atoms with Crippen LogP contribution in [0.1, 0.15) is 18.2 Å². The molecule has 1 aliphatic heterocycles. The molecule has 0 aromatic carbocycles. The molecule has 1 saturated heterocycles. The van der Waals surface area contributed by atoms with Crippen molar-refractivity contribution in [2.45, 2.75) is 18.6 Å². The van der Waals surface area contributed by atoms with Crippen LogP contribution in [0.5, 0.6) is 0 Å². The van der Waals surface area contributed by atoms with Crippen LogP contribution in [0.3, 0.4) is 0 Å². The van der Waals surface area contributed by atoms with Crippen LogP contribution >= 0.6 is 27.5 Å². The van der Waals surface area contributed by atoms with Gasteiger partial charge < -0.3 is 10.1 Å². The van der Waals surface area contributed by atoms with Crippen molar-refractivity contribution >= 4 is 33.3 Å². The van der Waals surface area contributed by atoms with E-state index in [1.54, 1.807) is 12.4 Å². The van der Waals surface area contributed by atoms with E-state index in [0.29, 0.717) is 5.02 Å². The van der Waals surface area contributed by atoms with E-state index in [4.69, 9.17) is 16.3 Å². The SMILES string of the molecule is Cn1nccc1[C@H]1OCC[C@@H]1Nc1ncc(Cl)cc1Br. The predicted octanol–water partition coefficient (Wildman–Crippen LogP) is 3.17. The van der Waals surface area contributed by atoms with Crippen LogP contribution in [0.4, 0.5) is 5.82 Å². The fourth-order valence-corrected chi connectivity index (χ4v) is 3.14. The van der Waals surface area contributed by atoms with E-state index in [9.17, 15) is 0 Å². The number of anilines is 1. The van der Waals surface area contributed by atoms with Gasteiger partial charge in [0, 0.05) is 26.0 Å². The third-order valence-electron chi connectivity index (χ3n) is 3.37. The van der Waals surface area contributed by atoms with Gasteiger partial charge in [0.15, 0.2) is 0 Å². The Hall–Kier alpha value is -1.11. The van der Waals surface area contributed by atoms with Gasteiger partial charge in [-0.2, -0.15) is 5.10 Å². The summed E-state index contributed by atoms with van der Waals surface area (Å²) in [5.74, 6) is 0.775. The first-order valence-corrected chi connectivity index (χ1v) is 7.49. The van der Waals surface area contributed by atoms with E-state index in [2.05, 4.69) is 31.3 Å². The maximum absolute atomic E-state index is 5.91. The summed E-state index contributed by atoms with van der Waals surface area (Å²) in [4.78, 5) is 4.31. The summed E-state index contributed by atoms with van der Waals surface area (Å²) in [6.45, 7) is 0.721. The summed E-state index contributed by atoms with van der Waals surface area (Å²) in [6.07, 6.45) is 4.31. The van der Waals surface area contributed by atoms with Crippen molar-refractivity contribution in [3.05, 3.63) is 39.7 Å². The zero-order valence-corrected chi connectivity index (χ0v) is 13.2. The average molecular weight is 358 g/mol. The lowest BCUT2D eigenvalue weighted by molar-refractivity contribution is 0.101. The molecule has 2 aromatic rings. The molecule has 3 heterocycles. The lowest BCUT2D eigenvalue weighted by atomic mass is 10.1. The number of aromatic nitrogens is 3. The van der Waals surface area contributed by atoms with Gasteiger partial charge in [0.1, 0.15) is 11.9 Å². The van der Waals surface area contributed by atoms with Crippen LogP contribution in [0.2, 0.25) is 5.02 Å². The predicted molar refractivity (Wildman–Crippen MR) is 80.9 cm³/mol. The lowest BCUT2D eigenvalue weighted by Gasteiger charge is -2.21. The fraction of sp³-hybridized carbons (Fsp3) is 0.385. The Morgan fingerprint density at radius 2 is 2.40 bits per heavy atom. The molecule has 1 fully saturated rings. The van der Waals surface area contributed by atoms with Gasteiger partial charge in [-0.25, -0.2) is 4.98 Å². The molecule has 3 rings (SSSR count). The Labute approximate surface area is 130 Å². The Morgan fingerprint density at radius 1 is 1.55 bits per heavy atom. The molecule has 0 radical (unpaired) electrons. The molecular formula is C13H14BrClN4O. The molecule has 2 aromatic heterocycles. The van der Waals surface area contributed by atoms with E-state index in [1.807, 2.05) is 23.9 Å². The number of nitrogens with one attached hydrogen (secondary N) is 1.